The Bertz CT molecular complexity index is 1410. The summed E-state index contributed by atoms with van der Waals surface area (Å²) >= 11 is 0. The predicted molar refractivity (Wildman–Crippen MR) is 124 cm³/mol. The molecule has 0 fully saturated rings. The third-order valence-corrected chi connectivity index (χ3v) is 5.58. The lowest BCUT2D eigenvalue weighted by Gasteiger charge is -2.13. The first kappa shape index (κ1) is 22.5. The molecule has 1 aliphatic heterocycles. The lowest BCUT2D eigenvalue weighted by molar-refractivity contribution is -0.137. The third-order valence-electron chi connectivity index (χ3n) is 5.58. The van der Waals surface area contributed by atoms with Crippen molar-refractivity contribution in [3.63, 3.8) is 0 Å². The second-order valence-corrected chi connectivity index (χ2v) is 7.99. The van der Waals surface area contributed by atoms with Crippen LogP contribution in [0.5, 0.6) is 11.5 Å². The number of hydrogen-bond donors (Lipinski definition) is 2. The Hall–Kier alpha value is -4.27. The number of fused-ring (bicyclic) bond motifs is 2. The molecule has 6 nitrogen and oxygen atoms in total. The maximum atomic E-state index is 13.0. The molecule has 0 aliphatic carbocycles. The number of benzene rings is 3. The van der Waals surface area contributed by atoms with E-state index in [-0.39, 0.29) is 13.3 Å². The van der Waals surface area contributed by atoms with Crippen molar-refractivity contribution < 1.29 is 27.4 Å². The Balaban J connectivity index is 1.35. The zero-order chi connectivity index (χ0) is 24.4. The Labute approximate surface area is 198 Å². The summed E-state index contributed by atoms with van der Waals surface area (Å²) in [4.78, 5) is 17.6. The van der Waals surface area contributed by atoms with E-state index in [9.17, 15) is 18.0 Å². The van der Waals surface area contributed by atoms with E-state index in [1.807, 2.05) is 24.3 Å². The first-order valence-electron chi connectivity index (χ1n) is 10.8. The predicted octanol–water partition coefficient (Wildman–Crippen LogP) is 5.52. The molecule has 1 aliphatic rings. The molecule has 3 aromatic carbocycles. The molecule has 0 unspecified atom stereocenters. The number of para-hydroxylation sites is 1. The zero-order valence-corrected chi connectivity index (χ0v) is 18.4. The van der Waals surface area contributed by atoms with Crippen LogP contribution in [0.2, 0.25) is 0 Å². The van der Waals surface area contributed by atoms with Crippen molar-refractivity contribution >= 4 is 22.6 Å². The first-order valence-corrected chi connectivity index (χ1v) is 10.8. The molecule has 0 saturated heterocycles. The van der Waals surface area contributed by atoms with Crippen molar-refractivity contribution in [3.8, 4) is 11.5 Å². The molecule has 0 atom stereocenters. The third kappa shape index (κ3) is 4.98. The van der Waals surface area contributed by atoms with Crippen LogP contribution in [0.25, 0.3) is 10.9 Å². The second kappa shape index (κ2) is 9.17. The molecule has 4 aromatic rings. The van der Waals surface area contributed by atoms with Crippen LogP contribution in [-0.2, 0) is 19.3 Å². The van der Waals surface area contributed by atoms with Crippen LogP contribution in [-0.4, -0.2) is 17.7 Å². The summed E-state index contributed by atoms with van der Waals surface area (Å²) in [6, 6.07) is 19.3. The van der Waals surface area contributed by atoms with E-state index in [1.54, 1.807) is 30.3 Å². The van der Waals surface area contributed by atoms with Crippen LogP contribution < -0.4 is 20.1 Å². The number of alkyl halides is 3. The van der Waals surface area contributed by atoms with E-state index in [2.05, 4.69) is 15.6 Å². The molecular formula is C26H20F3N3O3. The van der Waals surface area contributed by atoms with Gasteiger partial charge in [0, 0.05) is 18.5 Å². The molecule has 5 rings (SSSR count). The van der Waals surface area contributed by atoms with E-state index in [0.717, 1.165) is 17.7 Å². The monoisotopic (exact) mass is 479 g/mol. The molecule has 35 heavy (non-hydrogen) atoms. The fourth-order valence-corrected chi connectivity index (χ4v) is 3.83. The SMILES string of the molecule is O=C(NCc1cccc(C(F)(F)F)c1)c1cc(NCc2ccc3c(c2)OCO3)nc2ccccc12. The Morgan fingerprint density at radius 2 is 1.69 bits per heavy atom. The highest BCUT2D eigenvalue weighted by Gasteiger charge is 2.30. The molecule has 9 heteroatoms. The highest BCUT2D eigenvalue weighted by Crippen LogP contribution is 2.33. The minimum absolute atomic E-state index is 0.0423. The second-order valence-electron chi connectivity index (χ2n) is 7.99. The molecule has 178 valence electrons. The standard InChI is InChI=1S/C26H20F3N3O3/c27-26(28,29)18-5-3-4-16(10-18)14-31-25(33)20-12-24(32-21-7-2-1-6-19(20)21)30-13-17-8-9-22-23(11-17)35-15-34-22/h1-12H,13-15H2,(H,30,32)(H,31,33). The van der Waals surface area contributed by atoms with Crippen LogP contribution in [0, 0.1) is 0 Å². The van der Waals surface area contributed by atoms with Gasteiger partial charge in [0.1, 0.15) is 5.82 Å². The smallest absolute Gasteiger partial charge is 0.416 e. The van der Waals surface area contributed by atoms with Gasteiger partial charge >= 0.3 is 6.18 Å². The Kier molecular flexibility index (Phi) is 5.90. The van der Waals surface area contributed by atoms with Gasteiger partial charge in [0.05, 0.1) is 16.6 Å². The van der Waals surface area contributed by atoms with Crippen molar-refractivity contribution in [2.24, 2.45) is 0 Å². The van der Waals surface area contributed by atoms with Crippen LogP contribution >= 0.6 is 0 Å². The lowest BCUT2D eigenvalue weighted by atomic mass is 10.1. The van der Waals surface area contributed by atoms with Gasteiger partial charge in [0.15, 0.2) is 11.5 Å². The summed E-state index contributed by atoms with van der Waals surface area (Å²) in [6.07, 6.45) is -4.44. The number of amides is 1. The number of pyridine rings is 1. The number of rotatable bonds is 6. The van der Waals surface area contributed by atoms with Gasteiger partial charge in [0.25, 0.3) is 5.91 Å². The van der Waals surface area contributed by atoms with E-state index in [4.69, 9.17) is 9.47 Å². The highest BCUT2D eigenvalue weighted by molar-refractivity contribution is 6.06. The Morgan fingerprint density at radius 3 is 2.54 bits per heavy atom. The van der Waals surface area contributed by atoms with Gasteiger partial charge in [-0.2, -0.15) is 13.2 Å². The normalized spacial score (nSPS) is 12.5. The summed E-state index contributed by atoms with van der Waals surface area (Å²) < 4.78 is 49.7. The number of carbonyl (C=O) groups is 1. The van der Waals surface area contributed by atoms with Crippen LogP contribution in [0.3, 0.4) is 0 Å². The van der Waals surface area contributed by atoms with Gasteiger partial charge in [0.2, 0.25) is 6.79 Å². The zero-order valence-electron chi connectivity index (χ0n) is 18.4. The summed E-state index contributed by atoms with van der Waals surface area (Å²) in [5, 5.41) is 6.59. The van der Waals surface area contributed by atoms with E-state index < -0.39 is 17.6 Å². The molecule has 0 radical (unpaired) electrons. The number of nitrogens with one attached hydrogen (secondary N) is 2. The number of nitrogens with zero attached hydrogens (tertiary/aromatic N) is 1. The van der Waals surface area contributed by atoms with Gasteiger partial charge in [-0.1, -0.05) is 36.4 Å². The number of carbonyl (C=O) groups excluding carboxylic acids is 1. The van der Waals surface area contributed by atoms with Crippen LogP contribution in [0.15, 0.2) is 72.8 Å². The number of anilines is 1. The maximum Gasteiger partial charge on any atom is 0.416 e. The fourth-order valence-electron chi connectivity index (χ4n) is 3.83. The number of ether oxygens (including phenoxy) is 2. The fraction of sp³-hybridized carbons (Fsp3) is 0.154. The molecule has 1 amide bonds. The minimum Gasteiger partial charge on any atom is -0.454 e. The summed E-state index contributed by atoms with van der Waals surface area (Å²) in [5.74, 6) is 1.44. The molecule has 0 bridgehead atoms. The largest absolute Gasteiger partial charge is 0.454 e. The molecular weight excluding hydrogens is 459 g/mol. The maximum absolute atomic E-state index is 13.0. The highest BCUT2D eigenvalue weighted by atomic mass is 19.4. The first-order chi connectivity index (χ1) is 16.9. The average Bonchev–Trinajstić information content (AvgIpc) is 3.33. The van der Waals surface area contributed by atoms with Crippen LogP contribution in [0.4, 0.5) is 19.0 Å². The average molecular weight is 479 g/mol. The van der Waals surface area contributed by atoms with Crippen molar-refractivity contribution in [1.29, 1.82) is 0 Å². The number of aromatic nitrogens is 1. The molecule has 0 spiro atoms. The molecule has 0 saturated carbocycles. The van der Waals surface area contributed by atoms with E-state index in [0.29, 0.717) is 45.9 Å². The van der Waals surface area contributed by atoms with Gasteiger partial charge in [-0.15, -0.1) is 0 Å². The van der Waals surface area contributed by atoms with Crippen molar-refractivity contribution in [2.75, 3.05) is 12.1 Å². The topological polar surface area (TPSA) is 72.5 Å². The molecule has 2 N–H and O–H groups in total. The van der Waals surface area contributed by atoms with Crippen LogP contribution in [0.1, 0.15) is 27.0 Å². The van der Waals surface area contributed by atoms with Gasteiger partial charge in [-0.25, -0.2) is 4.98 Å². The van der Waals surface area contributed by atoms with Gasteiger partial charge in [-0.05, 0) is 47.5 Å². The summed E-state index contributed by atoms with van der Waals surface area (Å²) in [5.41, 5.74) is 1.53. The molecule has 2 heterocycles. The van der Waals surface area contributed by atoms with E-state index in [1.165, 1.54) is 6.07 Å². The van der Waals surface area contributed by atoms with Gasteiger partial charge in [-0.3, -0.25) is 4.79 Å². The van der Waals surface area contributed by atoms with Crippen molar-refractivity contribution in [1.82, 2.24) is 10.3 Å². The summed E-state index contributed by atoms with van der Waals surface area (Å²) in [6.45, 7) is 0.587. The van der Waals surface area contributed by atoms with Crippen molar-refractivity contribution in [2.45, 2.75) is 19.3 Å². The Morgan fingerprint density at radius 1 is 0.886 bits per heavy atom. The van der Waals surface area contributed by atoms with Gasteiger partial charge < -0.3 is 20.1 Å². The molecule has 1 aromatic heterocycles. The lowest BCUT2D eigenvalue weighted by Crippen LogP contribution is -2.23. The van der Waals surface area contributed by atoms with E-state index >= 15 is 0 Å². The van der Waals surface area contributed by atoms with Crippen molar-refractivity contribution in [3.05, 3.63) is 95.1 Å². The minimum atomic E-state index is -4.44. The number of halogens is 3. The number of hydrogen-bond acceptors (Lipinski definition) is 5. The summed E-state index contributed by atoms with van der Waals surface area (Å²) in [7, 11) is 0. The quantitative estimate of drug-likeness (QED) is 0.381.